The third-order valence-electron chi connectivity index (χ3n) is 5.59. The van der Waals surface area contributed by atoms with Gasteiger partial charge in [0, 0.05) is 18.5 Å². The van der Waals surface area contributed by atoms with Crippen molar-refractivity contribution < 1.29 is 4.74 Å². The fourth-order valence-electron chi connectivity index (χ4n) is 3.96. The third-order valence-corrected chi connectivity index (χ3v) is 5.59. The van der Waals surface area contributed by atoms with Gasteiger partial charge in [0.15, 0.2) is 0 Å². The monoisotopic (exact) mass is 431 g/mol. The average molecular weight is 431 g/mol. The number of imidazole rings is 1. The molecule has 0 bridgehead atoms. The molecule has 0 radical (unpaired) electrons. The molecule has 8 nitrogen and oxygen atoms in total. The predicted molar refractivity (Wildman–Crippen MR) is 123 cm³/mol. The zero-order valence-electron chi connectivity index (χ0n) is 17.9. The molecule has 158 valence electrons. The highest BCUT2D eigenvalue weighted by Crippen LogP contribution is 2.30. The Kier molecular flexibility index (Phi) is 4.81. The molecule has 0 saturated heterocycles. The number of ether oxygens (including phenoxy) is 1. The topological polar surface area (TPSA) is 105 Å². The Morgan fingerprint density at radius 1 is 0.939 bits per heavy atom. The second kappa shape index (κ2) is 7.95. The van der Waals surface area contributed by atoms with Gasteiger partial charge >= 0.3 is 0 Å². The lowest BCUT2D eigenvalue weighted by Crippen LogP contribution is -2.22. The molecule has 0 N–H and O–H groups in total. The van der Waals surface area contributed by atoms with Crippen molar-refractivity contribution in [3.8, 4) is 35.0 Å². The van der Waals surface area contributed by atoms with Gasteiger partial charge in [-0.05, 0) is 41.5 Å². The van der Waals surface area contributed by atoms with Crippen LogP contribution < -0.4 is 10.4 Å². The van der Waals surface area contributed by atoms with E-state index in [-0.39, 0.29) is 0 Å². The van der Waals surface area contributed by atoms with Gasteiger partial charge in [0.1, 0.15) is 0 Å². The van der Waals surface area contributed by atoms with E-state index in [0.717, 1.165) is 38.8 Å². The minimum Gasteiger partial charge on any atom is -0.481 e. The molecule has 0 saturated carbocycles. The number of hydrogen-bond acceptors (Lipinski definition) is 6. The molecule has 0 atom stereocenters. The van der Waals surface area contributed by atoms with E-state index >= 15 is 0 Å². The summed E-state index contributed by atoms with van der Waals surface area (Å²) < 4.78 is 8.93. The van der Waals surface area contributed by atoms with Crippen LogP contribution in [0.4, 0.5) is 0 Å². The highest BCUT2D eigenvalue weighted by molar-refractivity contribution is 6.04. The molecule has 3 aromatic heterocycles. The van der Waals surface area contributed by atoms with E-state index < -0.39 is 0 Å². The van der Waals surface area contributed by atoms with Crippen molar-refractivity contribution >= 4 is 21.9 Å². The molecule has 0 unspecified atom stereocenters. The third kappa shape index (κ3) is 3.27. The molecule has 0 aliphatic carbocycles. The summed E-state index contributed by atoms with van der Waals surface area (Å²) in [6.07, 6.45) is 5.37. The van der Waals surface area contributed by atoms with Gasteiger partial charge in [-0.2, -0.15) is 10.5 Å². The first-order chi connectivity index (χ1) is 16.1. The summed E-state index contributed by atoms with van der Waals surface area (Å²) in [5, 5.41) is 19.4. The maximum atomic E-state index is 9.35. The van der Waals surface area contributed by atoms with E-state index in [1.54, 1.807) is 37.7 Å². The predicted octanol–water partition coefficient (Wildman–Crippen LogP) is 3.84. The first kappa shape index (κ1) is 20.0. The van der Waals surface area contributed by atoms with E-state index in [1.807, 2.05) is 52.7 Å². The van der Waals surface area contributed by atoms with Crippen LogP contribution in [0.1, 0.15) is 5.56 Å². The van der Waals surface area contributed by atoms with Crippen molar-refractivity contribution in [3.05, 3.63) is 78.2 Å². The fraction of sp³-hybridized carbons (Fsp3) is 0.0800. The summed E-state index contributed by atoms with van der Waals surface area (Å²) in [7, 11) is 3.41. The Balaban J connectivity index is 1.86. The van der Waals surface area contributed by atoms with E-state index in [2.05, 4.69) is 27.1 Å². The smallest absolute Gasteiger partial charge is 0.226 e. The van der Waals surface area contributed by atoms with Crippen LogP contribution in [0.15, 0.2) is 72.0 Å². The van der Waals surface area contributed by atoms with Crippen LogP contribution in [0.3, 0.4) is 0 Å². The van der Waals surface area contributed by atoms with Crippen molar-refractivity contribution in [3.63, 3.8) is 0 Å². The Hall–Kier alpha value is -4.95. The van der Waals surface area contributed by atoms with E-state index in [9.17, 15) is 5.26 Å². The highest BCUT2D eigenvalue weighted by Gasteiger charge is 2.16. The summed E-state index contributed by atoms with van der Waals surface area (Å²) in [4.78, 5) is 13.0. The molecule has 0 aliphatic rings. The van der Waals surface area contributed by atoms with Gasteiger partial charge in [0.25, 0.3) is 0 Å². The molecule has 0 fully saturated rings. The molecule has 5 rings (SSSR count). The standard InChI is InChI=1S/C25H17N7O/c1-31-22-14-28-21-9-7-18(17-5-3-16(12-26)4-6-17)11-20(21)24(22)32(25(31)30-15-27)19-8-10-23(33-2)29-13-19/h3-11,13-14H,1-2H3. The summed E-state index contributed by atoms with van der Waals surface area (Å²) in [6, 6.07) is 19.3. The Morgan fingerprint density at radius 2 is 1.73 bits per heavy atom. The Labute approximate surface area is 188 Å². The van der Waals surface area contributed by atoms with Crippen LogP contribution in [-0.4, -0.2) is 26.2 Å². The lowest BCUT2D eigenvalue weighted by atomic mass is 10.0. The second-order valence-corrected chi connectivity index (χ2v) is 7.38. The SMILES string of the molecule is COc1ccc(-n2c(=NC#N)n(C)c3cnc4ccc(-c5ccc(C#N)cc5)cc4c32)cn1. The van der Waals surface area contributed by atoms with Gasteiger partial charge in [0.2, 0.25) is 17.7 Å². The van der Waals surface area contributed by atoms with Crippen LogP contribution in [0.2, 0.25) is 0 Å². The number of benzene rings is 2. The lowest BCUT2D eigenvalue weighted by Gasteiger charge is -2.09. The number of hydrogen-bond donors (Lipinski definition) is 0. The van der Waals surface area contributed by atoms with Crippen molar-refractivity contribution in [2.75, 3.05) is 7.11 Å². The van der Waals surface area contributed by atoms with E-state index in [0.29, 0.717) is 17.1 Å². The van der Waals surface area contributed by atoms with E-state index in [1.165, 1.54) is 0 Å². The first-order valence-electron chi connectivity index (χ1n) is 10.1. The number of nitrogens with zero attached hydrogens (tertiary/aromatic N) is 7. The number of fused-ring (bicyclic) bond motifs is 3. The van der Waals surface area contributed by atoms with Crippen molar-refractivity contribution in [2.45, 2.75) is 0 Å². The van der Waals surface area contributed by atoms with Gasteiger partial charge < -0.3 is 9.30 Å². The van der Waals surface area contributed by atoms with Crippen molar-refractivity contribution in [1.82, 2.24) is 19.1 Å². The largest absolute Gasteiger partial charge is 0.481 e. The van der Waals surface area contributed by atoms with Gasteiger partial charge in [-0.1, -0.05) is 18.2 Å². The zero-order valence-corrected chi connectivity index (χ0v) is 17.9. The fourth-order valence-corrected chi connectivity index (χ4v) is 3.96. The maximum absolute atomic E-state index is 9.35. The molecule has 5 aromatic rings. The molecule has 8 heteroatoms. The Morgan fingerprint density at radius 3 is 2.39 bits per heavy atom. The van der Waals surface area contributed by atoms with Crippen LogP contribution in [0.25, 0.3) is 38.8 Å². The minimum atomic E-state index is 0.456. The molecule has 0 amide bonds. The molecular weight excluding hydrogens is 414 g/mol. The quantitative estimate of drug-likeness (QED) is 0.404. The number of aromatic nitrogens is 4. The summed E-state index contributed by atoms with van der Waals surface area (Å²) in [5.74, 6) is 0.494. The molecular formula is C25H17N7O. The number of methoxy groups -OCH3 is 1. The van der Waals surface area contributed by atoms with Gasteiger partial charge in [-0.3, -0.25) is 9.55 Å². The summed E-state index contributed by atoms with van der Waals surface area (Å²) in [6.45, 7) is 0. The minimum absolute atomic E-state index is 0.456. The second-order valence-electron chi connectivity index (χ2n) is 7.38. The van der Waals surface area contributed by atoms with Crippen molar-refractivity contribution in [1.29, 1.82) is 10.5 Å². The number of pyridine rings is 2. The summed E-state index contributed by atoms with van der Waals surface area (Å²) >= 11 is 0. The molecule has 3 heterocycles. The number of rotatable bonds is 3. The highest BCUT2D eigenvalue weighted by atomic mass is 16.5. The van der Waals surface area contributed by atoms with Crippen LogP contribution in [0, 0.1) is 22.8 Å². The van der Waals surface area contributed by atoms with Crippen LogP contribution in [-0.2, 0) is 7.05 Å². The Bertz CT molecular complexity index is 1660. The van der Waals surface area contributed by atoms with Gasteiger partial charge in [-0.25, -0.2) is 4.98 Å². The van der Waals surface area contributed by atoms with Gasteiger partial charge in [0.05, 0.1) is 53.4 Å². The average Bonchev–Trinajstić information content (AvgIpc) is 3.16. The number of nitriles is 2. The van der Waals surface area contributed by atoms with Crippen LogP contribution >= 0.6 is 0 Å². The van der Waals surface area contributed by atoms with Crippen LogP contribution in [0.5, 0.6) is 5.88 Å². The number of aryl methyl sites for hydroxylation is 1. The molecule has 2 aromatic carbocycles. The van der Waals surface area contributed by atoms with Crippen molar-refractivity contribution in [2.24, 2.45) is 12.0 Å². The molecule has 0 aliphatic heterocycles. The van der Waals surface area contributed by atoms with E-state index in [4.69, 9.17) is 10.00 Å². The van der Waals surface area contributed by atoms with Gasteiger partial charge in [-0.15, -0.1) is 4.99 Å². The maximum Gasteiger partial charge on any atom is 0.226 e. The normalized spacial score (nSPS) is 11.5. The zero-order chi connectivity index (χ0) is 22.9. The molecule has 0 spiro atoms. The lowest BCUT2D eigenvalue weighted by molar-refractivity contribution is 0.398. The first-order valence-corrected chi connectivity index (χ1v) is 10.1. The molecule has 33 heavy (non-hydrogen) atoms. The summed E-state index contributed by atoms with van der Waals surface area (Å²) in [5.41, 5.74) is 6.28.